The van der Waals surface area contributed by atoms with E-state index < -0.39 is 0 Å². The number of benzene rings is 4. The number of unbranched alkanes of at least 4 members (excludes halogenated alkanes) is 1. The van der Waals surface area contributed by atoms with Gasteiger partial charge in [-0.15, -0.1) is 0 Å². The molecule has 0 unspecified atom stereocenters. The number of hydrogen-bond acceptors (Lipinski definition) is 5. The van der Waals surface area contributed by atoms with Crippen molar-refractivity contribution in [2.75, 3.05) is 10.2 Å². The van der Waals surface area contributed by atoms with Crippen molar-refractivity contribution in [2.45, 2.75) is 39.2 Å². The Morgan fingerprint density at radius 3 is 2.24 bits per heavy atom. The smallest absolute Gasteiger partial charge is 0.179 e. The van der Waals surface area contributed by atoms with Crippen molar-refractivity contribution >= 4 is 34.6 Å². The third kappa shape index (κ3) is 4.51. The first-order chi connectivity index (χ1) is 20.2. The Bertz CT molecular complexity index is 1750. The van der Waals surface area contributed by atoms with Crippen molar-refractivity contribution in [3.05, 3.63) is 132 Å². The number of fused-ring (bicyclic) bond motifs is 4. The molecule has 3 heterocycles. The van der Waals surface area contributed by atoms with E-state index in [1.165, 1.54) is 24.0 Å². The molecule has 0 aliphatic carbocycles. The second-order valence-electron chi connectivity index (χ2n) is 10.6. The standard InChI is InChI=1S/C35H32N6/c1-3-4-13-25-20-22-27(23-21-25)36-33-35-38-34-31(24(2)39-41(34)28-16-9-6-10-17-28)32(26-14-7-5-8-15-26)40(35)30-19-12-11-18-29(30)37-33/h5-12,14-23,32H,3-4,13H2,1-2H3,(H,36,37)/t32-/m0/s1. The molecule has 2 aliphatic rings. The average molecular weight is 537 g/mol. The van der Waals surface area contributed by atoms with Gasteiger partial charge in [-0.25, -0.2) is 14.7 Å². The Morgan fingerprint density at radius 1 is 0.780 bits per heavy atom. The fourth-order valence-corrected chi connectivity index (χ4v) is 5.77. The molecule has 5 aromatic rings. The maximum Gasteiger partial charge on any atom is 0.179 e. The first kappa shape index (κ1) is 25.0. The molecule has 0 saturated heterocycles. The first-order valence-electron chi connectivity index (χ1n) is 14.3. The van der Waals surface area contributed by atoms with Crippen LogP contribution >= 0.6 is 0 Å². The lowest BCUT2D eigenvalue weighted by Crippen LogP contribution is -2.46. The Hall–Kier alpha value is -4.97. The third-order valence-electron chi connectivity index (χ3n) is 7.79. The number of anilines is 2. The van der Waals surface area contributed by atoms with Crippen LogP contribution in [0.25, 0.3) is 5.69 Å². The van der Waals surface area contributed by atoms with Crippen LogP contribution in [0, 0.1) is 6.92 Å². The number of rotatable bonds is 6. The van der Waals surface area contributed by atoms with E-state index in [9.17, 15) is 0 Å². The summed E-state index contributed by atoms with van der Waals surface area (Å²) in [5, 5.41) is 8.64. The fourth-order valence-electron chi connectivity index (χ4n) is 5.77. The number of amidine groups is 2. The van der Waals surface area contributed by atoms with Crippen LogP contribution in [-0.4, -0.2) is 21.5 Å². The van der Waals surface area contributed by atoms with E-state index in [-0.39, 0.29) is 6.04 Å². The van der Waals surface area contributed by atoms with Crippen molar-refractivity contribution in [3.63, 3.8) is 0 Å². The molecule has 0 radical (unpaired) electrons. The van der Waals surface area contributed by atoms with Gasteiger partial charge in [0.05, 0.1) is 28.8 Å². The average Bonchev–Trinajstić information content (AvgIpc) is 3.36. The van der Waals surface area contributed by atoms with Gasteiger partial charge in [-0.3, -0.25) is 0 Å². The number of aromatic nitrogens is 2. The third-order valence-corrected chi connectivity index (χ3v) is 7.79. The molecule has 1 N–H and O–H groups in total. The van der Waals surface area contributed by atoms with Gasteiger partial charge in [-0.2, -0.15) is 5.10 Å². The molecule has 0 spiro atoms. The Morgan fingerprint density at radius 2 is 1.49 bits per heavy atom. The highest BCUT2D eigenvalue weighted by molar-refractivity contribution is 6.51. The topological polar surface area (TPSA) is 57.8 Å². The second-order valence-corrected chi connectivity index (χ2v) is 10.6. The molecule has 0 amide bonds. The Labute approximate surface area is 240 Å². The van der Waals surface area contributed by atoms with Crippen LogP contribution in [0.2, 0.25) is 0 Å². The van der Waals surface area contributed by atoms with E-state index in [0.717, 1.165) is 57.9 Å². The minimum absolute atomic E-state index is 0.124. The molecule has 0 fully saturated rings. The summed E-state index contributed by atoms with van der Waals surface area (Å²) in [5.41, 5.74) is 8.48. The first-order valence-corrected chi connectivity index (χ1v) is 14.3. The maximum absolute atomic E-state index is 5.32. The van der Waals surface area contributed by atoms with Crippen LogP contribution in [0.5, 0.6) is 0 Å². The largest absolute Gasteiger partial charge is 0.337 e. The lowest BCUT2D eigenvalue weighted by atomic mass is 9.93. The normalized spacial score (nSPS) is 15.4. The highest BCUT2D eigenvalue weighted by Crippen LogP contribution is 2.48. The van der Waals surface area contributed by atoms with Crippen LogP contribution in [0.3, 0.4) is 0 Å². The van der Waals surface area contributed by atoms with Gasteiger partial charge in [0.15, 0.2) is 17.5 Å². The zero-order chi connectivity index (χ0) is 27.8. The molecule has 0 bridgehead atoms. The molecule has 6 heteroatoms. The molecule has 202 valence electrons. The zero-order valence-corrected chi connectivity index (χ0v) is 23.3. The minimum Gasteiger partial charge on any atom is -0.337 e. The van der Waals surface area contributed by atoms with Crippen LogP contribution < -0.4 is 10.2 Å². The van der Waals surface area contributed by atoms with Crippen molar-refractivity contribution in [1.29, 1.82) is 0 Å². The number of nitrogens with one attached hydrogen (secondary N) is 1. The Kier molecular flexibility index (Phi) is 6.44. The number of aryl methyl sites for hydroxylation is 2. The van der Waals surface area contributed by atoms with Crippen molar-refractivity contribution < 1.29 is 0 Å². The highest BCUT2D eigenvalue weighted by atomic mass is 15.4. The number of nitrogens with zero attached hydrogens (tertiary/aromatic N) is 5. The van der Waals surface area contributed by atoms with Crippen molar-refractivity contribution in [2.24, 2.45) is 9.98 Å². The number of hydrogen-bond donors (Lipinski definition) is 1. The summed E-state index contributed by atoms with van der Waals surface area (Å²) >= 11 is 0. The molecule has 4 aromatic carbocycles. The van der Waals surface area contributed by atoms with Crippen LogP contribution in [0.1, 0.15) is 48.2 Å². The predicted octanol–water partition coefficient (Wildman–Crippen LogP) is 8.32. The summed E-state index contributed by atoms with van der Waals surface area (Å²) in [5.74, 6) is 2.32. The van der Waals surface area contributed by atoms with Gasteiger partial charge in [0.2, 0.25) is 0 Å². The van der Waals surface area contributed by atoms with Gasteiger partial charge in [0, 0.05) is 11.3 Å². The van der Waals surface area contributed by atoms with E-state index in [2.05, 4.69) is 109 Å². The summed E-state index contributed by atoms with van der Waals surface area (Å²) in [6, 6.07) is 37.7. The van der Waals surface area contributed by atoms with Crippen molar-refractivity contribution in [3.8, 4) is 5.69 Å². The molecule has 1 aromatic heterocycles. The zero-order valence-electron chi connectivity index (χ0n) is 23.3. The second kappa shape index (κ2) is 10.5. The fraction of sp³-hybridized carbons (Fsp3) is 0.171. The monoisotopic (exact) mass is 536 g/mol. The van der Waals surface area contributed by atoms with Crippen LogP contribution in [0.4, 0.5) is 22.9 Å². The quantitative estimate of drug-likeness (QED) is 0.237. The SMILES string of the molecule is CCCCc1ccc(NC2=Nc3ccccc3N3C2=Nc2c(c(C)nn2-c2ccccc2)[C@@H]3c2ccccc2)cc1. The van der Waals surface area contributed by atoms with Gasteiger partial charge in [0.1, 0.15) is 0 Å². The predicted molar refractivity (Wildman–Crippen MR) is 168 cm³/mol. The summed E-state index contributed by atoms with van der Waals surface area (Å²) in [6.07, 6.45) is 3.48. The molecule has 7 rings (SSSR count). The van der Waals surface area contributed by atoms with Gasteiger partial charge >= 0.3 is 0 Å². The number of aliphatic imine (C=N–C) groups is 2. The molecule has 1 atom stereocenters. The summed E-state index contributed by atoms with van der Waals surface area (Å²) < 4.78 is 1.96. The van der Waals surface area contributed by atoms with Gasteiger partial charge < -0.3 is 10.2 Å². The lowest BCUT2D eigenvalue weighted by molar-refractivity contribution is 0.795. The van der Waals surface area contributed by atoms with E-state index in [0.29, 0.717) is 0 Å². The van der Waals surface area contributed by atoms with E-state index in [1.807, 2.05) is 28.9 Å². The molecular weight excluding hydrogens is 504 g/mol. The Balaban J connectivity index is 1.41. The van der Waals surface area contributed by atoms with Gasteiger partial charge in [-0.05, 0) is 67.3 Å². The summed E-state index contributed by atoms with van der Waals surface area (Å²) in [4.78, 5) is 12.8. The molecule has 2 aliphatic heterocycles. The summed E-state index contributed by atoms with van der Waals surface area (Å²) in [7, 11) is 0. The number of para-hydroxylation sites is 3. The van der Waals surface area contributed by atoms with E-state index in [1.54, 1.807) is 0 Å². The minimum atomic E-state index is -0.124. The molecule has 0 saturated carbocycles. The highest BCUT2D eigenvalue weighted by Gasteiger charge is 2.41. The van der Waals surface area contributed by atoms with Gasteiger partial charge in [-0.1, -0.05) is 86.1 Å². The van der Waals surface area contributed by atoms with Crippen LogP contribution in [-0.2, 0) is 6.42 Å². The maximum atomic E-state index is 5.32. The molecule has 6 nitrogen and oxygen atoms in total. The lowest BCUT2D eigenvalue weighted by Gasteiger charge is -2.40. The van der Waals surface area contributed by atoms with Crippen LogP contribution in [0.15, 0.2) is 119 Å². The van der Waals surface area contributed by atoms with Crippen molar-refractivity contribution in [1.82, 2.24) is 9.78 Å². The molecule has 41 heavy (non-hydrogen) atoms. The van der Waals surface area contributed by atoms with E-state index >= 15 is 0 Å². The van der Waals surface area contributed by atoms with Gasteiger partial charge in [0.25, 0.3) is 0 Å². The van der Waals surface area contributed by atoms with E-state index in [4.69, 9.17) is 15.1 Å². The molecular formula is C35H32N6. The summed E-state index contributed by atoms with van der Waals surface area (Å²) in [6.45, 7) is 4.31.